The maximum atomic E-state index is 14.0. The molecular weight excluding hydrogens is 273 g/mol. The lowest BCUT2D eigenvalue weighted by molar-refractivity contribution is 0.429. The number of halogens is 1. The quantitative estimate of drug-likeness (QED) is 0.936. The number of aromatic nitrogens is 2. The molecule has 1 aromatic heterocycles. The largest absolute Gasteiger partial charge is 0.312 e. The molecule has 0 spiro atoms. The molecular formula is C15H20FN3S. The summed E-state index contributed by atoms with van der Waals surface area (Å²) in [7, 11) is 0. The fraction of sp³-hybridized carbons (Fsp3) is 0.467. The van der Waals surface area contributed by atoms with E-state index in [-0.39, 0.29) is 11.4 Å². The van der Waals surface area contributed by atoms with E-state index >= 15 is 0 Å². The van der Waals surface area contributed by atoms with Crippen molar-refractivity contribution in [2.75, 3.05) is 6.54 Å². The van der Waals surface area contributed by atoms with Gasteiger partial charge in [0.2, 0.25) is 0 Å². The molecule has 0 fully saturated rings. The van der Waals surface area contributed by atoms with Gasteiger partial charge in [-0.25, -0.2) is 4.39 Å². The molecule has 0 aliphatic heterocycles. The summed E-state index contributed by atoms with van der Waals surface area (Å²) in [5.41, 5.74) is 1.27. The Bertz CT molecular complexity index is 587. The second-order valence-corrected chi connectivity index (χ2v) is 6.93. The number of nitrogens with zero attached hydrogens (tertiary/aromatic N) is 2. The molecule has 0 aliphatic carbocycles. The average Bonchev–Trinajstić information content (AvgIpc) is 2.79. The number of rotatable bonds is 4. The molecule has 0 saturated heterocycles. The normalized spacial score (nSPS) is 11.8. The van der Waals surface area contributed by atoms with Gasteiger partial charge in [0, 0.05) is 24.1 Å². The molecule has 5 heteroatoms. The molecule has 0 unspecified atom stereocenters. The highest BCUT2D eigenvalue weighted by atomic mass is 32.1. The topological polar surface area (TPSA) is 37.8 Å². The van der Waals surface area contributed by atoms with E-state index in [1.807, 2.05) is 6.07 Å². The van der Waals surface area contributed by atoms with Crippen molar-refractivity contribution in [2.45, 2.75) is 39.7 Å². The first-order valence-corrected chi connectivity index (χ1v) is 7.51. The Balaban J connectivity index is 2.07. The minimum absolute atomic E-state index is 0.0934. The van der Waals surface area contributed by atoms with Crippen LogP contribution in [0.3, 0.4) is 0 Å². The SMILES string of the molecule is Cc1cccc(-c2nnc(CCNC(C)(C)C)s2)c1F. The van der Waals surface area contributed by atoms with Crippen LogP contribution in [-0.4, -0.2) is 22.3 Å². The first kappa shape index (κ1) is 15.1. The number of hydrogen-bond acceptors (Lipinski definition) is 4. The molecule has 1 N–H and O–H groups in total. The molecule has 0 radical (unpaired) electrons. The van der Waals surface area contributed by atoms with Gasteiger partial charge in [-0.2, -0.15) is 0 Å². The van der Waals surface area contributed by atoms with Crippen molar-refractivity contribution in [3.63, 3.8) is 0 Å². The highest BCUT2D eigenvalue weighted by molar-refractivity contribution is 7.14. The molecule has 3 nitrogen and oxygen atoms in total. The van der Waals surface area contributed by atoms with Crippen molar-refractivity contribution in [3.05, 3.63) is 34.6 Å². The Morgan fingerprint density at radius 3 is 2.70 bits per heavy atom. The van der Waals surface area contributed by atoms with Crippen LogP contribution < -0.4 is 5.32 Å². The van der Waals surface area contributed by atoms with Crippen molar-refractivity contribution in [2.24, 2.45) is 0 Å². The van der Waals surface area contributed by atoms with Gasteiger partial charge < -0.3 is 5.32 Å². The Morgan fingerprint density at radius 2 is 2.00 bits per heavy atom. The van der Waals surface area contributed by atoms with Crippen molar-refractivity contribution in [3.8, 4) is 10.6 Å². The highest BCUT2D eigenvalue weighted by Gasteiger charge is 2.13. The van der Waals surface area contributed by atoms with Crippen LogP contribution in [0, 0.1) is 12.7 Å². The Labute approximate surface area is 123 Å². The molecule has 1 aromatic carbocycles. The maximum absolute atomic E-state index is 14.0. The third-order valence-corrected chi connectivity index (χ3v) is 3.90. The Kier molecular flexibility index (Phi) is 4.50. The van der Waals surface area contributed by atoms with E-state index in [2.05, 4.69) is 36.3 Å². The summed E-state index contributed by atoms with van der Waals surface area (Å²) in [6.45, 7) is 8.98. The summed E-state index contributed by atoms with van der Waals surface area (Å²) in [5, 5.41) is 13.2. The first-order valence-electron chi connectivity index (χ1n) is 6.70. The van der Waals surface area contributed by atoms with Crippen LogP contribution in [0.2, 0.25) is 0 Å². The van der Waals surface area contributed by atoms with Crippen molar-refractivity contribution < 1.29 is 4.39 Å². The summed E-state index contributed by atoms with van der Waals surface area (Å²) in [6, 6.07) is 5.35. The molecule has 0 saturated carbocycles. The van der Waals surface area contributed by atoms with E-state index in [1.165, 1.54) is 11.3 Å². The van der Waals surface area contributed by atoms with Crippen LogP contribution in [0.5, 0.6) is 0 Å². The summed E-state index contributed by atoms with van der Waals surface area (Å²) >= 11 is 1.46. The van der Waals surface area contributed by atoms with Crippen molar-refractivity contribution in [1.82, 2.24) is 15.5 Å². The zero-order valence-corrected chi connectivity index (χ0v) is 13.1. The van der Waals surface area contributed by atoms with Gasteiger partial charge in [0.15, 0.2) is 5.01 Å². The van der Waals surface area contributed by atoms with E-state index in [9.17, 15) is 4.39 Å². The summed E-state index contributed by atoms with van der Waals surface area (Å²) in [6.07, 6.45) is 0.808. The predicted octanol–water partition coefficient (Wildman–Crippen LogP) is 3.58. The van der Waals surface area contributed by atoms with E-state index in [0.717, 1.165) is 18.0 Å². The number of aryl methyl sites for hydroxylation is 1. The second kappa shape index (κ2) is 5.97. The minimum Gasteiger partial charge on any atom is -0.312 e. The lowest BCUT2D eigenvalue weighted by Gasteiger charge is -2.19. The lowest BCUT2D eigenvalue weighted by Crippen LogP contribution is -2.37. The van der Waals surface area contributed by atoms with Crippen molar-refractivity contribution >= 4 is 11.3 Å². The van der Waals surface area contributed by atoms with Crippen LogP contribution >= 0.6 is 11.3 Å². The molecule has 0 amide bonds. The molecule has 108 valence electrons. The van der Waals surface area contributed by atoms with Gasteiger partial charge in [-0.3, -0.25) is 0 Å². The van der Waals surface area contributed by atoms with E-state index < -0.39 is 0 Å². The smallest absolute Gasteiger partial charge is 0.150 e. The van der Waals surface area contributed by atoms with Gasteiger partial charge in [-0.1, -0.05) is 23.5 Å². The molecule has 2 aromatic rings. The summed E-state index contributed by atoms with van der Waals surface area (Å²) < 4.78 is 14.0. The van der Waals surface area contributed by atoms with Crippen molar-refractivity contribution in [1.29, 1.82) is 0 Å². The zero-order chi connectivity index (χ0) is 14.8. The molecule has 0 atom stereocenters. The Morgan fingerprint density at radius 1 is 1.25 bits per heavy atom. The van der Waals surface area contributed by atoms with Crippen LogP contribution in [0.1, 0.15) is 31.3 Å². The van der Waals surface area contributed by atoms with E-state index in [1.54, 1.807) is 19.1 Å². The van der Waals surface area contributed by atoms with Gasteiger partial charge in [-0.15, -0.1) is 10.2 Å². The minimum atomic E-state index is -0.206. The van der Waals surface area contributed by atoms with Crippen LogP contribution in [0.25, 0.3) is 10.6 Å². The average molecular weight is 293 g/mol. The van der Waals surface area contributed by atoms with Gasteiger partial charge in [0.25, 0.3) is 0 Å². The zero-order valence-electron chi connectivity index (χ0n) is 12.3. The third-order valence-electron chi connectivity index (χ3n) is 2.88. The fourth-order valence-electron chi connectivity index (χ4n) is 1.82. The van der Waals surface area contributed by atoms with Gasteiger partial charge in [0.05, 0.1) is 0 Å². The fourth-order valence-corrected chi connectivity index (χ4v) is 2.68. The number of hydrogen-bond donors (Lipinski definition) is 1. The van der Waals surface area contributed by atoms with Crippen LogP contribution in [0.4, 0.5) is 4.39 Å². The molecule has 0 aliphatic rings. The second-order valence-electron chi connectivity index (χ2n) is 5.86. The molecule has 1 heterocycles. The highest BCUT2D eigenvalue weighted by Crippen LogP contribution is 2.27. The third kappa shape index (κ3) is 3.84. The van der Waals surface area contributed by atoms with Crippen LogP contribution in [0.15, 0.2) is 18.2 Å². The predicted molar refractivity (Wildman–Crippen MR) is 81.5 cm³/mol. The lowest BCUT2D eigenvalue weighted by atomic mass is 10.1. The molecule has 0 bridgehead atoms. The molecule has 20 heavy (non-hydrogen) atoms. The van der Waals surface area contributed by atoms with Gasteiger partial charge in [0.1, 0.15) is 10.8 Å². The monoisotopic (exact) mass is 293 g/mol. The number of nitrogens with one attached hydrogen (secondary N) is 1. The standard InChI is InChI=1S/C15H20FN3S/c1-10-6-5-7-11(13(10)16)14-19-18-12(20-14)8-9-17-15(2,3)4/h5-7,17H,8-9H2,1-4H3. The van der Waals surface area contributed by atoms with E-state index in [4.69, 9.17) is 0 Å². The molecule has 2 rings (SSSR count). The summed E-state index contributed by atoms with van der Waals surface area (Å²) in [5.74, 6) is -0.206. The van der Waals surface area contributed by atoms with Crippen LogP contribution in [-0.2, 0) is 6.42 Å². The first-order chi connectivity index (χ1) is 9.37. The van der Waals surface area contributed by atoms with E-state index in [0.29, 0.717) is 16.1 Å². The maximum Gasteiger partial charge on any atom is 0.150 e. The van der Waals surface area contributed by atoms with Gasteiger partial charge in [-0.05, 0) is 39.3 Å². The van der Waals surface area contributed by atoms with Gasteiger partial charge >= 0.3 is 0 Å². The Hall–Kier alpha value is -1.33. The number of benzene rings is 1. The summed E-state index contributed by atoms with van der Waals surface area (Å²) in [4.78, 5) is 0.